The summed E-state index contributed by atoms with van der Waals surface area (Å²) in [6.45, 7) is 1.96. The number of thiophene rings is 1. The van der Waals surface area contributed by atoms with Crippen molar-refractivity contribution < 1.29 is 0 Å². The van der Waals surface area contributed by atoms with E-state index >= 15 is 0 Å². The third-order valence-corrected chi connectivity index (χ3v) is 7.52. The third kappa shape index (κ3) is 3.17. The van der Waals surface area contributed by atoms with Crippen molar-refractivity contribution in [2.75, 3.05) is 6.54 Å². The maximum atomic E-state index is 9.26. The minimum absolute atomic E-state index is 0.325. The molecule has 1 aromatic heterocycles. The van der Waals surface area contributed by atoms with E-state index < -0.39 is 0 Å². The van der Waals surface area contributed by atoms with Gasteiger partial charge in [0.15, 0.2) is 0 Å². The van der Waals surface area contributed by atoms with E-state index in [4.69, 9.17) is 0 Å². The Bertz CT molecular complexity index is 1030. The Morgan fingerprint density at radius 2 is 1.82 bits per heavy atom. The smallest absolute Gasteiger partial charge is 0.0991 e. The second kappa shape index (κ2) is 7.54. The minimum atomic E-state index is 0.325. The summed E-state index contributed by atoms with van der Waals surface area (Å²) in [5.74, 6) is 0. The van der Waals surface area contributed by atoms with Crippen molar-refractivity contribution >= 4 is 11.3 Å². The van der Waals surface area contributed by atoms with E-state index in [0.717, 1.165) is 25.1 Å². The van der Waals surface area contributed by atoms with Gasteiger partial charge >= 0.3 is 0 Å². The molecular weight excluding hydrogens is 360 g/mol. The van der Waals surface area contributed by atoms with Crippen molar-refractivity contribution in [2.24, 2.45) is 0 Å². The first kappa shape index (κ1) is 17.7. The van der Waals surface area contributed by atoms with Gasteiger partial charge in [0.1, 0.15) is 0 Å². The number of aryl methyl sites for hydroxylation is 1. The lowest BCUT2D eigenvalue weighted by Gasteiger charge is -2.36. The molecular formula is C25H24N2S. The van der Waals surface area contributed by atoms with Crippen LogP contribution < -0.4 is 0 Å². The van der Waals surface area contributed by atoms with E-state index in [9.17, 15) is 5.26 Å². The summed E-state index contributed by atoms with van der Waals surface area (Å²) < 4.78 is 0. The van der Waals surface area contributed by atoms with Gasteiger partial charge in [0.05, 0.1) is 17.7 Å². The molecule has 0 spiro atoms. The van der Waals surface area contributed by atoms with Crippen molar-refractivity contribution in [3.63, 3.8) is 0 Å². The number of nitriles is 1. The van der Waals surface area contributed by atoms with Crippen LogP contribution in [0.25, 0.3) is 0 Å². The fourth-order valence-corrected chi connectivity index (χ4v) is 6.44. The molecule has 5 rings (SSSR count). The number of hydrogen-bond donors (Lipinski definition) is 0. The molecule has 28 heavy (non-hydrogen) atoms. The fraction of sp³-hybridized carbons (Fsp3) is 0.320. The molecule has 3 aromatic rings. The molecule has 0 radical (unpaired) electrons. The molecule has 3 heteroatoms. The summed E-state index contributed by atoms with van der Waals surface area (Å²) in [6.07, 6.45) is 6.37. The first-order chi connectivity index (χ1) is 13.8. The molecule has 0 amide bonds. The third-order valence-electron chi connectivity index (χ3n) is 6.13. The quantitative estimate of drug-likeness (QED) is 0.584. The molecule has 1 atom stereocenters. The van der Waals surface area contributed by atoms with Gasteiger partial charge in [-0.15, -0.1) is 11.3 Å². The summed E-state index contributed by atoms with van der Waals surface area (Å²) in [5.41, 5.74) is 6.69. The van der Waals surface area contributed by atoms with Crippen LogP contribution >= 0.6 is 11.3 Å². The molecule has 1 aliphatic heterocycles. The van der Waals surface area contributed by atoms with Gasteiger partial charge in [-0.25, -0.2) is 0 Å². The SMILES string of the molecule is N#Cc1cccc(CN2CCc3c(sc4c3CCCC4)[C@H]2c2ccccc2)c1. The Kier molecular flexibility index (Phi) is 4.76. The molecule has 2 aromatic carbocycles. The van der Waals surface area contributed by atoms with Crippen molar-refractivity contribution in [3.8, 4) is 6.07 Å². The molecule has 0 fully saturated rings. The fourth-order valence-electron chi connectivity index (χ4n) is 4.84. The molecule has 2 aliphatic rings. The predicted molar refractivity (Wildman–Crippen MR) is 115 cm³/mol. The minimum Gasteiger partial charge on any atom is -0.287 e. The molecule has 2 nitrogen and oxygen atoms in total. The number of fused-ring (bicyclic) bond motifs is 3. The van der Waals surface area contributed by atoms with Gasteiger partial charge in [-0.2, -0.15) is 5.26 Å². The van der Waals surface area contributed by atoms with Crippen molar-refractivity contribution in [2.45, 2.75) is 44.7 Å². The first-order valence-corrected chi connectivity index (χ1v) is 11.1. The molecule has 0 unspecified atom stereocenters. The number of nitrogens with zero attached hydrogens (tertiary/aromatic N) is 2. The topological polar surface area (TPSA) is 27.0 Å². The molecule has 2 heterocycles. The van der Waals surface area contributed by atoms with Gasteiger partial charge in [0.2, 0.25) is 0 Å². The summed E-state index contributed by atoms with van der Waals surface area (Å²) >= 11 is 2.07. The van der Waals surface area contributed by atoms with Gasteiger partial charge in [0.25, 0.3) is 0 Å². The lowest BCUT2D eigenvalue weighted by atomic mass is 9.88. The Hall–Kier alpha value is -2.41. The zero-order valence-corrected chi connectivity index (χ0v) is 16.8. The monoisotopic (exact) mass is 384 g/mol. The van der Waals surface area contributed by atoms with Crippen LogP contribution in [-0.2, 0) is 25.8 Å². The summed E-state index contributed by atoms with van der Waals surface area (Å²) in [4.78, 5) is 5.82. The van der Waals surface area contributed by atoms with Gasteiger partial charge in [-0.3, -0.25) is 4.90 Å². The van der Waals surface area contributed by atoms with Crippen LogP contribution in [0.1, 0.15) is 56.5 Å². The lowest BCUT2D eigenvalue weighted by Crippen LogP contribution is -2.35. The molecule has 140 valence electrons. The van der Waals surface area contributed by atoms with E-state index in [0.29, 0.717) is 6.04 Å². The highest BCUT2D eigenvalue weighted by molar-refractivity contribution is 7.12. The molecule has 0 bridgehead atoms. The average Bonchev–Trinajstić information content (AvgIpc) is 3.13. The van der Waals surface area contributed by atoms with Crippen LogP contribution in [0, 0.1) is 11.3 Å². The highest BCUT2D eigenvalue weighted by atomic mass is 32.1. The second-order valence-corrected chi connectivity index (χ2v) is 9.04. The second-order valence-electron chi connectivity index (χ2n) is 7.90. The van der Waals surface area contributed by atoms with E-state index in [1.54, 1.807) is 20.9 Å². The van der Waals surface area contributed by atoms with Gasteiger partial charge in [-0.1, -0.05) is 42.5 Å². The van der Waals surface area contributed by atoms with Crippen LogP contribution in [0.2, 0.25) is 0 Å². The van der Waals surface area contributed by atoms with Gasteiger partial charge in [0, 0.05) is 22.8 Å². The van der Waals surface area contributed by atoms with Crippen LogP contribution in [0.4, 0.5) is 0 Å². The number of rotatable bonds is 3. The first-order valence-electron chi connectivity index (χ1n) is 10.2. The van der Waals surface area contributed by atoms with Crippen LogP contribution in [0.5, 0.6) is 0 Å². The van der Waals surface area contributed by atoms with Crippen LogP contribution in [0.3, 0.4) is 0 Å². The van der Waals surface area contributed by atoms with Crippen molar-refractivity contribution in [1.29, 1.82) is 5.26 Å². The average molecular weight is 385 g/mol. The summed E-state index contributed by atoms with van der Waals surface area (Å²) in [6, 6.07) is 21.7. The summed E-state index contributed by atoms with van der Waals surface area (Å²) in [5, 5.41) is 9.26. The standard InChI is InChI=1S/C25H24N2S/c26-16-18-7-6-8-19(15-18)17-27-14-13-22-21-11-4-5-12-23(21)28-25(22)24(27)20-9-2-1-3-10-20/h1-3,6-10,15,24H,4-5,11-14,17H2/t24-/m1/s1. The van der Waals surface area contributed by atoms with Crippen LogP contribution in [0.15, 0.2) is 54.6 Å². The Balaban J connectivity index is 1.56. The van der Waals surface area contributed by atoms with Gasteiger partial charge < -0.3 is 0 Å². The predicted octanol–water partition coefficient (Wildman–Crippen LogP) is 5.65. The highest BCUT2D eigenvalue weighted by Crippen LogP contribution is 2.45. The Morgan fingerprint density at radius 3 is 2.68 bits per heavy atom. The molecule has 0 N–H and O–H groups in total. The zero-order chi connectivity index (χ0) is 18.9. The molecule has 1 aliphatic carbocycles. The highest BCUT2D eigenvalue weighted by Gasteiger charge is 2.33. The Morgan fingerprint density at radius 1 is 0.964 bits per heavy atom. The lowest BCUT2D eigenvalue weighted by molar-refractivity contribution is 0.207. The summed E-state index contributed by atoms with van der Waals surface area (Å²) in [7, 11) is 0. The van der Waals surface area contributed by atoms with E-state index in [2.05, 4.69) is 58.7 Å². The van der Waals surface area contributed by atoms with Crippen molar-refractivity contribution in [3.05, 3.63) is 92.2 Å². The maximum Gasteiger partial charge on any atom is 0.0991 e. The Labute approximate surface area is 171 Å². The van der Waals surface area contributed by atoms with E-state index in [-0.39, 0.29) is 0 Å². The number of hydrogen-bond acceptors (Lipinski definition) is 3. The zero-order valence-electron chi connectivity index (χ0n) is 16.0. The largest absolute Gasteiger partial charge is 0.287 e. The molecule has 0 saturated carbocycles. The van der Waals surface area contributed by atoms with Crippen molar-refractivity contribution in [1.82, 2.24) is 4.90 Å². The van der Waals surface area contributed by atoms with Gasteiger partial charge in [-0.05, 0) is 66.5 Å². The molecule has 0 saturated heterocycles. The van der Waals surface area contributed by atoms with E-state index in [1.807, 2.05) is 18.2 Å². The number of benzene rings is 2. The normalized spacial score (nSPS) is 18.9. The van der Waals surface area contributed by atoms with Crippen LogP contribution in [-0.4, -0.2) is 11.4 Å². The maximum absolute atomic E-state index is 9.26. The van der Waals surface area contributed by atoms with E-state index in [1.165, 1.54) is 36.8 Å².